The molecule has 0 bridgehead atoms. The summed E-state index contributed by atoms with van der Waals surface area (Å²) in [6, 6.07) is 0. The summed E-state index contributed by atoms with van der Waals surface area (Å²) in [4.78, 5) is 0. The minimum absolute atomic E-state index is 0.00694. The lowest BCUT2D eigenvalue weighted by Gasteiger charge is -2.19. The summed E-state index contributed by atoms with van der Waals surface area (Å²) >= 11 is 0. The van der Waals surface area contributed by atoms with Crippen LogP contribution in [0.25, 0.3) is 0 Å². The number of hydrogen-bond donors (Lipinski definition) is 0. The van der Waals surface area contributed by atoms with Crippen LogP contribution in [-0.4, -0.2) is 5.92 Å². The fraction of sp³-hybridized carbons (Fsp3) is 0.833. The molecule has 0 aliphatic heterocycles. The van der Waals surface area contributed by atoms with Crippen molar-refractivity contribution in [3.63, 3.8) is 0 Å². The third-order valence-corrected chi connectivity index (χ3v) is 1.34. The van der Waals surface area contributed by atoms with E-state index in [1.54, 1.807) is 0 Å². The minimum Gasteiger partial charge on any atom is -0.207 e. The van der Waals surface area contributed by atoms with Gasteiger partial charge in [-0.3, -0.25) is 0 Å². The van der Waals surface area contributed by atoms with Crippen LogP contribution in [-0.2, 0) is 0 Å². The average Bonchev–Trinajstić information content (AvgIpc) is 1.65. The fourth-order valence-corrected chi connectivity index (χ4v) is 0.793. The molecule has 2 heteroatoms. The van der Waals surface area contributed by atoms with Crippen LogP contribution in [0.1, 0.15) is 25.7 Å². The smallest absolute Gasteiger partial charge is 0.207 e. The van der Waals surface area contributed by atoms with Crippen molar-refractivity contribution in [2.45, 2.75) is 31.6 Å². The first-order valence-corrected chi connectivity index (χ1v) is 2.79. The summed E-state index contributed by atoms with van der Waals surface area (Å²) in [5, 5.41) is 0. The molecule has 0 saturated heterocycles. The second-order valence-electron chi connectivity index (χ2n) is 2.11. The van der Waals surface area contributed by atoms with E-state index < -0.39 is 5.92 Å². The second kappa shape index (κ2) is 2.00. The molecule has 0 aromatic heterocycles. The molecule has 1 aliphatic carbocycles. The number of rotatable bonds is 0. The first-order chi connectivity index (χ1) is 3.71. The van der Waals surface area contributed by atoms with Gasteiger partial charge in [-0.2, -0.15) is 0 Å². The molecule has 0 aromatic rings. The van der Waals surface area contributed by atoms with Gasteiger partial charge in [0.05, 0.1) is 0 Å². The highest BCUT2D eigenvalue weighted by Crippen LogP contribution is 2.31. The Morgan fingerprint density at radius 2 is 1.62 bits per heavy atom. The molecular formula is C6H8F2. The number of alkyl halides is 2. The van der Waals surface area contributed by atoms with E-state index in [1.807, 2.05) is 0 Å². The molecule has 1 fully saturated rings. The van der Waals surface area contributed by atoms with Gasteiger partial charge in [-0.25, -0.2) is 8.78 Å². The van der Waals surface area contributed by atoms with Crippen LogP contribution in [0.15, 0.2) is 0 Å². The molecule has 46 valence electrons. The van der Waals surface area contributed by atoms with E-state index in [0.29, 0.717) is 12.8 Å². The van der Waals surface area contributed by atoms with Crippen molar-refractivity contribution in [1.82, 2.24) is 0 Å². The molecule has 8 heavy (non-hydrogen) atoms. The molecule has 1 aliphatic rings. The molecule has 0 amide bonds. The molecule has 1 saturated carbocycles. The summed E-state index contributed by atoms with van der Waals surface area (Å²) in [6.45, 7) is 0. The van der Waals surface area contributed by atoms with E-state index in [9.17, 15) is 8.78 Å². The fourth-order valence-electron chi connectivity index (χ4n) is 0.793. The van der Waals surface area contributed by atoms with Crippen LogP contribution in [0, 0.1) is 6.42 Å². The van der Waals surface area contributed by atoms with E-state index in [2.05, 4.69) is 6.42 Å². The van der Waals surface area contributed by atoms with Gasteiger partial charge in [0.25, 0.3) is 0 Å². The zero-order valence-corrected chi connectivity index (χ0v) is 4.58. The second-order valence-corrected chi connectivity index (χ2v) is 2.11. The first kappa shape index (κ1) is 5.99. The Kier molecular flexibility index (Phi) is 1.49. The molecule has 0 heterocycles. The standard InChI is InChI=1S/C6H8F2/c7-6(8)4-2-1-3-5-6/h2-5H2. The predicted molar refractivity (Wildman–Crippen MR) is 26.7 cm³/mol. The summed E-state index contributed by atoms with van der Waals surface area (Å²) < 4.78 is 24.3. The Morgan fingerprint density at radius 3 is 1.88 bits per heavy atom. The summed E-state index contributed by atoms with van der Waals surface area (Å²) in [6.07, 6.45) is 3.80. The van der Waals surface area contributed by atoms with E-state index in [4.69, 9.17) is 0 Å². The summed E-state index contributed by atoms with van der Waals surface area (Å²) in [5.41, 5.74) is 0. The van der Waals surface area contributed by atoms with Gasteiger partial charge < -0.3 is 0 Å². The Labute approximate surface area is 47.9 Å². The molecule has 0 nitrogen and oxygen atoms in total. The topological polar surface area (TPSA) is 0 Å². The molecule has 0 unspecified atom stereocenters. The van der Waals surface area contributed by atoms with Gasteiger partial charge in [-0.1, -0.05) is 0 Å². The van der Waals surface area contributed by atoms with Gasteiger partial charge in [0.2, 0.25) is 5.92 Å². The molecular weight excluding hydrogens is 110 g/mol. The van der Waals surface area contributed by atoms with Crippen molar-refractivity contribution in [3.05, 3.63) is 6.42 Å². The van der Waals surface area contributed by atoms with E-state index in [-0.39, 0.29) is 12.8 Å². The van der Waals surface area contributed by atoms with Crippen molar-refractivity contribution in [3.8, 4) is 0 Å². The normalized spacial score (nSPS) is 27.8. The number of halogens is 2. The molecule has 0 spiro atoms. The largest absolute Gasteiger partial charge is 0.248 e. The van der Waals surface area contributed by atoms with Crippen molar-refractivity contribution >= 4 is 0 Å². The lowest BCUT2D eigenvalue weighted by molar-refractivity contribution is -0.0254. The van der Waals surface area contributed by atoms with Crippen LogP contribution in [0.4, 0.5) is 8.78 Å². The molecule has 2 radical (unpaired) electrons. The molecule has 1 rings (SSSR count). The van der Waals surface area contributed by atoms with Crippen LogP contribution >= 0.6 is 0 Å². The van der Waals surface area contributed by atoms with Gasteiger partial charge in [0.15, 0.2) is 0 Å². The van der Waals surface area contributed by atoms with Crippen molar-refractivity contribution in [1.29, 1.82) is 0 Å². The highest BCUT2D eigenvalue weighted by Gasteiger charge is 2.30. The molecule has 0 aromatic carbocycles. The van der Waals surface area contributed by atoms with E-state index in [1.165, 1.54) is 0 Å². The Balaban J connectivity index is 2.33. The monoisotopic (exact) mass is 118 g/mol. The number of hydrogen-bond acceptors (Lipinski definition) is 0. The third-order valence-electron chi connectivity index (χ3n) is 1.34. The van der Waals surface area contributed by atoms with Crippen LogP contribution < -0.4 is 0 Å². The zero-order valence-electron chi connectivity index (χ0n) is 4.58. The highest BCUT2D eigenvalue weighted by atomic mass is 19.3. The van der Waals surface area contributed by atoms with Gasteiger partial charge in [-0.05, 0) is 19.3 Å². The molecule has 0 atom stereocenters. The minimum atomic E-state index is -2.38. The third kappa shape index (κ3) is 1.42. The highest BCUT2D eigenvalue weighted by molar-refractivity contribution is 4.80. The average molecular weight is 118 g/mol. The zero-order chi connectivity index (χ0) is 6.04. The van der Waals surface area contributed by atoms with Crippen molar-refractivity contribution in [2.24, 2.45) is 0 Å². The maximum atomic E-state index is 12.2. The van der Waals surface area contributed by atoms with Gasteiger partial charge in [-0.15, -0.1) is 0 Å². The van der Waals surface area contributed by atoms with Crippen LogP contribution in [0.3, 0.4) is 0 Å². The summed E-state index contributed by atoms with van der Waals surface area (Å²) in [7, 11) is 0. The van der Waals surface area contributed by atoms with Crippen molar-refractivity contribution in [2.75, 3.05) is 0 Å². The van der Waals surface area contributed by atoms with Gasteiger partial charge >= 0.3 is 0 Å². The van der Waals surface area contributed by atoms with Gasteiger partial charge in [0.1, 0.15) is 0 Å². The lowest BCUT2D eigenvalue weighted by atomic mass is 9.97. The maximum Gasteiger partial charge on any atom is 0.248 e. The summed E-state index contributed by atoms with van der Waals surface area (Å²) in [5.74, 6) is -2.38. The van der Waals surface area contributed by atoms with Crippen molar-refractivity contribution < 1.29 is 8.78 Å². The Bertz CT molecular complexity index is 70.6. The Morgan fingerprint density at radius 1 is 1.12 bits per heavy atom. The van der Waals surface area contributed by atoms with E-state index >= 15 is 0 Å². The molecule has 0 N–H and O–H groups in total. The predicted octanol–water partition coefficient (Wildman–Crippen LogP) is 2.28. The van der Waals surface area contributed by atoms with E-state index in [0.717, 1.165) is 0 Å². The van der Waals surface area contributed by atoms with Gasteiger partial charge in [0, 0.05) is 12.8 Å². The Hall–Kier alpha value is -0.140. The van der Waals surface area contributed by atoms with Crippen LogP contribution in [0.5, 0.6) is 0 Å². The lowest BCUT2D eigenvalue weighted by Crippen LogP contribution is -2.19. The maximum absolute atomic E-state index is 12.2. The quantitative estimate of drug-likeness (QED) is 0.457. The SMILES string of the molecule is FC1(F)CC[C]CC1. The van der Waals surface area contributed by atoms with Crippen LogP contribution in [0.2, 0.25) is 0 Å². The first-order valence-electron chi connectivity index (χ1n) is 2.79.